The summed E-state index contributed by atoms with van der Waals surface area (Å²) in [7, 11) is 1.68. The number of rotatable bonds is 2. The fraction of sp³-hybridized carbons (Fsp3) is 0.889. The molecule has 0 aliphatic heterocycles. The minimum Gasteiger partial charge on any atom is -0.370 e. The molecule has 0 aromatic carbocycles. The molecule has 72 valence electrons. The third-order valence-electron chi connectivity index (χ3n) is 2.31. The van der Waals surface area contributed by atoms with Gasteiger partial charge in [-0.2, -0.15) is 0 Å². The Balaban J connectivity index is 3.80. The zero-order valence-corrected chi connectivity index (χ0v) is 8.81. The fourth-order valence-corrected chi connectivity index (χ4v) is 0.643. The van der Waals surface area contributed by atoms with Crippen molar-refractivity contribution in [2.24, 2.45) is 22.1 Å². The number of nitrogens with two attached hydrogens (primary N) is 1. The van der Waals surface area contributed by atoms with Crippen molar-refractivity contribution in [2.75, 3.05) is 13.6 Å². The van der Waals surface area contributed by atoms with Crippen LogP contribution in [0.4, 0.5) is 0 Å². The van der Waals surface area contributed by atoms with E-state index in [2.05, 4.69) is 38.0 Å². The Hall–Kier alpha value is -0.730. The van der Waals surface area contributed by atoms with Crippen LogP contribution in [0.25, 0.3) is 0 Å². The summed E-state index contributed by atoms with van der Waals surface area (Å²) < 4.78 is 0. The summed E-state index contributed by atoms with van der Waals surface area (Å²) in [5.74, 6) is 1.10. The molecule has 3 heteroatoms. The number of hydrogen-bond acceptors (Lipinski definition) is 1. The van der Waals surface area contributed by atoms with Gasteiger partial charge >= 0.3 is 0 Å². The molecule has 0 aromatic rings. The molecule has 0 saturated heterocycles. The van der Waals surface area contributed by atoms with Gasteiger partial charge in [-0.05, 0) is 11.3 Å². The normalized spacial score (nSPS) is 15.9. The fourth-order valence-electron chi connectivity index (χ4n) is 0.643. The van der Waals surface area contributed by atoms with Crippen LogP contribution < -0.4 is 11.1 Å². The lowest BCUT2D eigenvalue weighted by Crippen LogP contribution is -2.37. The van der Waals surface area contributed by atoms with E-state index < -0.39 is 0 Å². The molecule has 3 nitrogen and oxygen atoms in total. The summed E-state index contributed by atoms with van der Waals surface area (Å²) in [6.07, 6.45) is 0. The lowest BCUT2D eigenvalue weighted by molar-refractivity contribution is 0.262. The van der Waals surface area contributed by atoms with Gasteiger partial charge in [-0.1, -0.05) is 27.7 Å². The first-order valence-electron chi connectivity index (χ1n) is 4.34. The Labute approximate surface area is 75.4 Å². The van der Waals surface area contributed by atoms with E-state index in [4.69, 9.17) is 5.73 Å². The van der Waals surface area contributed by atoms with E-state index in [1.807, 2.05) is 0 Å². The predicted octanol–water partition coefficient (Wildman–Crippen LogP) is 1.20. The van der Waals surface area contributed by atoms with Crippen molar-refractivity contribution in [3.63, 3.8) is 0 Å². The van der Waals surface area contributed by atoms with Crippen LogP contribution in [0, 0.1) is 11.3 Å². The first kappa shape index (κ1) is 11.3. The predicted molar refractivity (Wildman–Crippen MR) is 54.2 cm³/mol. The number of nitrogens with one attached hydrogen (secondary N) is 1. The third kappa shape index (κ3) is 4.21. The molecule has 0 bridgehead atoms. The number of hydrogen-bond donors (Lipinski definition) is 2. The van der Waals surface area contributed by atoms with Gasteiger partial charge < -0.3 is 11.1 Å². The summed E-state index contributed by atoms with van der Waals surface area (Å²) in [6.45, 7) is 9.75. The van der Waals surface area contributed by atoms with E-state index in [1.165, 1.54) is 0 Å². The SMILES string of the molecule is CN=C(N)NCC(C)C(C)(C)C. The second-order valence-electron chi connectivity index (χ2n) is 4.26. The van der Waals surface area contributed by atoms with Gasteiger partial charge in [0, 0.05) is 13.6 Å². The maximum atomic E-state index is 5.50. The van der Waals surface area contributed by atoms with Crippen molar-refractivity contribution in [3.05, 3.63) is 0 Å². The number of guanidine groups is 1. The Kier molecular flexibility index (Phi) is 4.07. The van der Waals surface area contributed by atoms with Gasteiger partial charge in [0.25, 0.3) is 0 Å². The zero-order valence-electron chi connectivity index (χ0n) is 8.81. The molecule has 0 aliphatic carbocycles. The van der Waals surface area contributed by atoms with E-state index in [1.54, 1.807) is 7.05 Å². The van der Waals surface area contributed by atoms with Gasteiger partial charge in [-0.15, -0.1) is 0 Å². The summed E-state index contributed by atoms with van der Waals surface area (Å²) in [6, 6.07) is 0. The van der Waals surface area contributed by atoms with Crippen molar-refractivity contribution < 1.29 is 0 Å². The summed E-state index contributed by atoms with van der Waals surface area (Å²) in [5.41, 5.74) is 5.82. The summed E-state index contributed by atoms with van der Waals surface area (Å²) >= 11 is 0. The molecule has 12 heavy (non-hydrogen) atoms. The van der Waals surface area contributed by atoms with Crippen molar-refractivity contribution in [1.29, 1.82) is 0 Å². The Bertz CT molecular complexity index is 156. The second-order valence-corrected chi connectivity index (χ2v) is 4.26. The first-order valence-corrected chi connectivity index (χ1v) is 4.34. The highest BCUT2D eigenvalue weighted by Gasteiger charge is 2.19. The van der Waals surface area contributed by atoms with Gasteiger partial charge in [-0.25, -0.2) is 0 Å². The molecular formula is C9H21N3. The van der Waals surface area contributed by atoms with Crippen LogP contribution in [0.5, 0.6) is 0 Å². The summed E-state index contributed by atoms with van der Waals surface area (Å²) in [4.78, 5) is 3.83. The molecule has 0 heterocycles. The highest BCUT2D eigenvalue weighted by atomic mass is 15.1. The minimum atomic E-state index is 0.320. The lowest BCUT2D eigenvalue weighted by atomic mass is 9.82. The molecule has 1 unspecified atom stereocenters. The zero-order chi connectivity index (χ0) is 9.78. The largest absolute Gasteiger partial charge is 0.370 e. The average molecular weight is 171 g/mol. The topological polar surface area (TPSA) is 50.4 Å². The molecule has 0 fully saturated rings. The number of aliphatic imine (C=N–C) groups is 1. The van der Waals surface area contributed by atoms with E-state index in [-0.39, 0.29) is 0 Å². The van der Waals surface area contributed by atoms with Crippen LogP contribution in [0.1, 0.15) is 27.7 Å². The average Bonchev–Trinajstić information content (AvgIpc) is 1.97. The molecule has 0 amide bonds. The van der Waals surface area contributed by atoms with Crippen molar-refractivity contribution in [2.45, 2.75) is 27.7 Å². The van der Waals surface area contributed by atoms with Crippen LogP contribution in [0.3, 0.4) is 0 Å². The van der Waals surface area contributed by atoms with E-state index in [0.717, 1.165) is 6.54 Å². The van der Waals surface area contributed by atoms with Gasteiger partial charge in [0.2, 0.25) is 0 Å². The second kappa shape index (κ2) is 4.33. The molecule has 0 spiro atoms. The van der Waals surface area contributed by atoms with Crippen LogP contribution in [-0.2, 0) is 0 Å². The first-order chi connectivity index (χ1) is 5.38. The van der Waals surface area contributed by atoms with Gasteiger partial charge in [-0.3, -0.25) is 4.99 Å². The highest BCUT2D eigenvalue weighted by Crippen LogP contribution is 2.24. The van der Waals surface area contributed by atoms with Crippen molar-refractivity contribution in [1.82, 2.24) is 5.32 Å². The quantitative estimate of drug-likeness (QED) is 0.484. The van der Waals surface area contributed by atoms with Crippen LogP contribution in [-0.4, -0.2) is 19.6 Å². The van der Waals surface area contributed by atoms with Crippen LogP contribution in [0.15, 0.2) is 4.99 Å². The Morgan fingerprint density at radius 2 is 2.00 bits per heavy atom. The molecule has 3 N–H and O–H groups in total. The van der Waals surface area contributed by atoms with E-state index >= 15 is 0 Å². The third-order valence-corrected chi connectivity index (χ3v) is 2.31. The van der Waals surface area contributed by atoms with Gasteiger partial charge in [0.1, 0.15) is 0 Å². The maximum absolute atomic E-state index is 5.50. The standard InChI is InChI=1S/C9H21N3/c1-7(9(2,3)4)6-12-8(10)11-5/h7H,6H2,1-5H3,(H3,10,11,12). The van der Waals surface area contributed by atoms with E-state index in [0.29, 0.717) is 17.3 Å². The highest BCUT2D eigenvalue weighted by molar-refractivity contribution is 5.77. The minimum absolute atomic E-state index is 0.320. The molecular weight excluding hydrogens is 150 g/mol. The molecule has 0 saturated carbocycles. The van der Waals surface area contributed by atoms with Crippen molar-refractivity contribution in [3.8, 4) is 0 Å². The molecule has 0 aliphatic rings. The smallest absolute Gasteiger partial charge is 0.188 e. The Morgan fingerprint density at radius 1 is 1.50 bits per heavy atom. The molecule has 0 rings (SSSR count). The number of nitrogens with zero attached hydrogens (tertiary/aromatic N) is 1. The maximum Gasteiger partial charge on any atom is 0.188 e. The van der Waals surface area contributed by atoms with Gasteiger partial charge in [0.05, 0.1) is 0 Å². The van der Waals surface area contributed by atoms with Crippen molar-refractivity contribution >= 4 is 5.96 Å². The molecule has 0 radical (unpaired) electrons. The summed E-state index contributed by atoms with van der Waals surface area (Å²) in [5, 5.41) is 3.07. The lowest BCUT2D eigenvalue weighted by Gasteiger charge is -2.27. The molecule has 0 aromatic heterocycles. The van der Waals surface area contributed by atoms with Gasteiger partial charge in [0.15, 0.2) is 5.96 Å². The monoisotopic (exact) mass is 171 g/mol. The van der Waals surface area contributed by atoms with Crippen LogP contribution in [0.2, 0.25) is 0 Å². The molecule has 1 atom stereocenters. The van der Waals surface area contributed by atoms with E-state index in [9.17, 15) is 0 Å². The Morgan fingerprint density at radius 3 is 2.33 bits per heavy atom. The van der Waals surface area contributed by atoms with Crippen LogP contribution >= 0.6 is 0 Å².